The minimum absolute atomic E-state index is 0.628. The van der Waals surface area contributed by atoms with Crippen LogP contribution in [0.2, 0.25) is 0 Å². The van der Waals surface area contributed by atoms with E-state index in [1.165, 1.54) is 11.1 Å². The lowest BCUT2D eigenvalue weighted by molar-refractivity contribution is 1.07. The molecule has 6 aromatic carbocycles. The minimum atomic E-state index is 0.628. The molecular weight excluding hydrogens is 613 g/mol. The van der Waals surface area contributed by atoms with Crippen LogP contribution in [0, 0.1) is 13.8 Å². The summed E-state index contributed by atoms with van der Waals surface area (Å²) in [6.45, 7) is 4.15. The van der Waals surface area contributed by atoms with Crippen molar-refractivity contribution in [2.45, 2.75) is 13.8 Å². The molecule has 2 aromatic heterocycles. The third-order valence-corrected chi connectivity index (χ3v) is 8.57. The van der Waals surface area contributed by atoms with Crippen LogP contribution < -0.4 is 0 Å². The summed E-state index contributed by atoms with van der Waals surface area (Å²) in [7, 11) is 0. The maximum atomic E-state index is 4.91. The van der Waals surface area contributed by atoms with Crippen molar-refractivity contribution in [1.29, 1.82) is 0 Å². The molecule has 2 heterocycles. The zero-order valence-corrected chi connectivity index (χ0v) is 27.7. The molecule has 0 aliphatic carbocycles. The van der Waals surface area contributed by atoms with Gasteiger partial charge in [0.15, 0.2) is 34.9 Å². The van der Waals surface area contributed by atoms with E-state index < -0.39 is 0 Å². The summed E-state index contributed by atoms with van der Waals surface area (Å²) >= 11 is 0. The van der Waals surface area contributed by atoms with Gasteiger partial charge < -0.3 is 0 Å². The lowest BCUT2D eigenvalue weighted by atomic mass is 10.0. The maximum Gasteiger partial charge on any atom is 0.164 e. The maximum absolute atomic E-state index is 4.91. The van der Waals surface area contributed by atoms with Crippen LogP contribution >= 0.6 is 0 Å². The molecule has 0 saturated carbocycles. The quantitative estimate of drug-likeness (QED) is 0.172. The first-order valence-corrected chi connectivity index (χ1v) is 16.5. The van der Waals surface area contributed by atoms with E-state index in [2.05, 4.69) is 111 Å². The summed E-state index contributed by atoms with van der Waals surface area (Å²) in [6, 6.07) is 53.3. The average molecular weight is 645 g/mol. The largest absolute Gasteiger partial charge is 0.208 e. The van der Waals surface area contributed by atoms with Gasteiger partial charge in [0.1, 0.15) is 0 Å². The second-order valence-corrected chi connectivity index (χ2v) is 12.2. The number of hydrogen-bond donors (Lipinski definition) is 0. The highest BCUT2D eigenvalue weighted by Gasteiger charge is 2.14. The predicted molar refractivity (Wildman–Crippen MR) is 201 cm³/mol. The Kier molecular flexibility index (Phi) is 8.25. The Balaban J connectivity index is 1.11. The van der Waals surface area contributed by atoms with E-state index in [1.54, 1.807) is 0 Å². The van der Waals surface area contributed by atoms with Crippen LogP contribution in [0.5, 0.6) is 0 Å². The lowest BCUT2D eigenvalue weighted by Crippen LogP contribution is -2.00. The smallest absolute Gasteiger partial charge is 0.164 e. The van der Waals surface area contributed by atoms with Crippen LogP contribution in [0.3, 0.4) is 0 Å². The fourth-order valence-corrected chi connectivity index (χ4v) is 5.73. The van der Waals surface area contributed by atoms with Crippen molar-refractivity contribution in [3.8, 4) is 79.5 Å². The van der Waals surface area contributed by atoms with Crippen LogP contribution in [0.1, 0.15) is 11.1 Å². The first-order valence-electron chi connectivity index (χ1n) is 16.5. The fourth-order valence-electron chi connectivity index (χ4n) is 5.73. The van der Waals surface area contributed by atoms with Crippen molar-refractivity contribution in [1.82, 2.24) is 29.9 Å². The van der Waals surface area contributed by atoms with Crippen LogP contribution in [0.4, 0.5) is 0 Å². The van der Waals surface area contributed by atoms with Gasteiger partial charge in [-0.05, 0) is 25.0 Å². The average Bonchev–Trinajstić information content (AvgIpc) is 3.19. The van der Waals surface area contributed by atoms with Crippen LogP contribution in [0.15, 0.2) is 158 Å². The Morgan fingerprint density at radius 1 is 0.220 bits per heavy atom. The first kappa shape index (κ1) is 30.7. The minimum Gasteiger partial charge on any atom is -0.208 e. The molecule has 0 radical (unpaired) electrons. The van der Waals surface area contributed by atoms with Crippen molar-refractivity contribution in [3.05, 3.63) is 169 Å². The zero-order valence-electron chi connectivity index (χ0n) is 27.7. The molecule has 0 atom stereocenters. The third kappa shape index (κ3) is 6.55. The standard InChI is InChI=1S/C44H32N6/c1-29-13-17-35(18-14-29)41-48-42(36-19-15-30(2)16-20-36)50-44(49-41)38-27-23-32(24-28-38)31-21-25-37(26-22-31)43-46-39(33-9-5-3-6-10-33)45-40(47-43)34-11-7-4-8-12-34/h3-28H,1-2H3. The Labute approximate surface area is 291 Å². The molecule has 50 heavy (non-hydrogen) atoms. The summed E-state index contributed by atoms with van der Waals surface area (Å²) in [5.41, 5.74) is 10.2. The number of benzene rings is 6. The molecule has 8 aromatic rings. The number of rotatable bonds is 7. The second-order valence-electron chi connectivity index (χ2n) is 12.2. The number of hydrogen-bond acceptors (Lipinski definition) is 6. The molecule has 0 aliphatic heterocycles. The van der Waals surface area contributed by atoms with Gasteiger partial charge in [-0.1, -0.05) is 169 Å². The van der Waals surface area contributed by atoms with Crippen molar-refractivity contribution in [3.63, 3.8) is 0 Å². The molecule has 6 nitrogen and oxygen atoms in total. The van der Waals surface area contributed by atoms with Gasteiger partial charge in [0, 0.05) is 33.4 Å². The van der Waals surface area contributed by atoms with E-state index in [0.717, 1.165) is 44.5 Å². The van der Waals surface area contributed by atoms with E-state index in [1.807, 2.05) is 60.7 Å². The topological polar surface area (TPSA) is 77.3 Å². The number of nitrogens with zero attached hydrogens (tertiary/aromatic N) is 6. The number of aromatic nitrogens is 6. The molecule has 0 saturated heterocycles. The summed E-state index contributed by atoms with van der Waals surface area (Å²) in [5.74, 6) is 3.84. The highest BCUT2D eigenvalue weighted by molar-refractivity contribution is 5.73. The predicted octanol–water partition coefficient (Wildman–Crippen LogP) is 10.3. The van der Waals surface area contributed by atoms with Gasteiger partial charge in [-0.2, -0.15) is 0 Å². The van der Waals surface area contributed by atoms with E-state index in [9.17, 15) is 0 Å². The van der Waals surface area contributed by atoms with Crippen molar-refractivity contribution in [2.75, 3.05) is 0 Å². The van der Waals surface area contributed by atoms with Gasteiger partial charge in [-0.25, -0.2) is 29.9 Å². The second kappa shape index (κ2) is 13.5. The number of aryl methyl sites for hydroxylation is 2. The van der Waals surface area contributed by atoms with E-state index >= 15 is 0 Å². The van der Waals surface area contributed by atoms with Gasteiger partial charge in [0.05, 0.1) is 0 Å². The molecule has 238 valence electrons. The molecule has 8 rings (SSSR count). The van der Waals surface area contributed by atoms with E-state index in [0.29, 0.717) is 34.9 Å². The molecule has 0 aliphatic rings. The Morgan fingerprint density at radius 2 is 0.420 bits per heavy atom. The van der Waals surface area contributed by atoms with Crippen LogP contribution in [-0.4, -0.2) is 29.9 Å². The summed E-state index contributed by atoms with van der Waals surface area (Å²) < 4.78 is 0. The van der Waals surface area contributed by atoms with Crippen LogP contribution in [0.25, 0.3) is 79.5 Å². The van der Waals surface area contributed by atoms with E-state index in [4.69, 9.17) is 29.9 Å². The molecular formula is C44H32N6. The Bertz CT molecular complexity index is 2270. The first-order chi connectivity index (χ1) is 24.6. The Morgan fingerprint density at radius 3 is 0.680 bits per heavy atom. The molecule has 0 fully saturated rings. The fraction of sp³-hybridized carbons (Fsp3) is 0.0455. The summed E-state index contributed by atoms with van der Waals surface area (Å²) in [6.07, 6.45) is 0. The molecule has 0 unspecified atom stereocenters. The highest BCUT2D eigenvalue weighted by atomic mass is 15.0. The van der Waals surface area contributed by atoms with Gasteiger partial charge >= 0.3 is 0 Å². The van der Waals surface area contributed by atoms with Gasteiger partial charge in [0.2, 0.25) is 0 Å². The van der Waals surface area contributed by atoms with E-state index in [-0.39, 0.29) is 0 Å². The summed E-state index contributed by atoms with van der Waals surface area (Å²) in [4.78, 5) is 29.2. The van der Waals surface area contributed by atoms with Crippen molar-refractivity contribution < 1.29 is 0 Å². The van der Waals surface area contributed by atoms with Crippen molar-refractivity contribution in [2.24, 2.45) is 0 Å². The van der Waals surface area contributed by atoms with Crippen LogP contribution in [-0.2, 0) is 0 Å². The lowest BCUT2D eigenvalue weighted by Gasteiger charge is -2.10. The SMILES string of the molecule is Cc1ccc(-c2nc(-c3ccc(C)cc3)nc(-c3ccc(-c4ccc(-c5nc(-c6ccccc6)nc(-c6ccccc6)n5)cc4)cc3)n2)cc1. The monoisotopic (exact) mass is 644 g/mol. The van der Waals surface area contributed by atoms with Crippen molar-refractivity contribution >= 4 is 0 Å². The van der Waals surface area contributed by atoms with Gasteiger partial charge in [-0.3, -0.25) is 0 Å². The molecule has 6 heteroatoms. The van der Waals surface area contributed by atoms with Gasteiger partial charge in [-0.15, -0.1) is 0 Å². The summed E-state index contributed by atoms with van der Waals surface area (Å²) in [5, 5.41) is 0. The molecule has 0 spiro atoms. The van der Waals surface area contributed by atoms with Gasteiger partial charge in [0.25, 0.3) is 0 Å². The normalized spacial score (nSPS) is 11.0. The zero-order chi connectivity index (χ0) is 33.9. The molecule has 0 bridgehead atoms. The molecule has 0 amide bonds. The molecule has 0 N–H and O–H groups in total. The highest BCUT2D eigenvalue weighted by Crippen LogP contribution is 2.30. The Hall–Kier alpha value is -6.66. The third-order valence-electron chi connectivity index (χ3n) is 8.57.